The van der Waals surface area contributed by atoms with Gasteiger partial charge in [0.05, 0.1) is 4.92 Å². The molecule has 0 heterocycles. The van der Waals surface area contributed by atoms with Crippen molar-refractivity contribution < 1.29 is 4.92 Å². The third-order valence-electron chi connectivity index (χ3n) is 1.90. The highest BCUT2D eigenvalue weighted by Crippen LogP contribution is 2.27. The van der Waals surface area contributed by atoms with Crippen LogP contribution in [0.15, 0.2) is 18.2 Å². The lowest BCUT2D eigenvalue weighted by atomic mass is 10.1. The minimum absolute atomic E-state index is 0.0844. The Hall–Kier alpha value is -2.09. The fourth-order valence-electron chi connectivity index (χ4n) is 1.23. The van der Waals surface area contributed by atoms with Crippen molar-refractivity contribution in [3.63, 3.8) is 0 Å². The average Bonchev–Trinajstić information content (AvgIpc) is 2.25. The molecular weight excluding hydrogens is 194 g/mol. The number of hydrogen-bond acceptors (Lipinski definition) is 4. The summed E-state index contributed by atoms with van der Waals surface area (Å²) in [4.78, 5) is 10.2. The predicted octanol–water partition coefficient (Wildman–Crippen LogP) is 2.29. The molecule has 0 spiro atoms. The van der Waals surface area contributed by atoms with Gasteiger partial charge >= 0.3 is 5.69 Å². The van der Waals surface area contributed by atoms with Crippen LogP contribution in [0.25, 0.3) is 0 Å². The summed E-state index contributed by atoms with van der Waals surface area (Å²) in [5.41, 5.74) is 0.343. The molecule has 78 valence electrons. The number of nitrogens with one attached hydrogen (secondary N) is 1. The van der Waals surface area contributed by atoms with E-state index in [0.29, 0.717) is 12.2 Å². The van der Waals surface area contributed by atoms with Gasteiger partial charge in [-0.05, 0) is 18.6 Å². The van der Waals surface area contributed by atoms with Crippen LogP contribution in [0, 0.1) is 21.4 Å². The van der Waals surface area contributed by atoms with Crippen LogP contribution < -0.4 is 5.32 Å². The Kier molecular flexibility index (Phi) is 3.63. The zero-order valence-electron chi connectivity index (χ0n) is 8.36. The van der Waals surface area contributed by atoms with E-state index < -0.39 is 4.92 Å². The molecule has 0 atom stereocenters. The lowest BCUT2D eigenvalue weighted by Crippen LogP contribution is -2.04. The second-order valence-electron chi connectivity index (χ2n) is 3.00. The highest BCUT2D eigenvalue weighted by atomic mass is 16.6. The summed E-state index contributed by atoms with van der Waals surface area (Å²) >= 11 is 0. The lowest BCUT2D eigenvalue weighted by molar-refractivity contribution is -0.384. The molecule has 15 heavy (non-hydrogen) atoms. The second kappa shape index (κ2) is 4.96. The molecule has 0 fully saturated rings. The fourth-order valence-corrected chi connectivity index (χ4v) is 1.23. The van der Waals surface area contributed by atoms with Gasteiger partial charge in [-0.3, -0.25) is 10.1 Å². The summed E-state index contributed by atoms with van der Waals surface area (Å²) < 4.78 is 0. The standard InChI is InChI=1S/C10H11N3O2/c1-2-6-12-9-5-3-4-8(7-11)10(9)13(14)15/h3-5,12H,2,6H2,1H3. The van der Waals surface area contributed by atoms with E-state index in [4.69, 9.17) is 5.26 Å². The molecule has 0 saturated heterocycles. The number of benzene rings is 1. The van der Waals surface area contributed by atoms with E-state index in [1.807, 2.05) is 13.0 Å². The highest BCUT2D eigenvalue weighted by molar-refractivity contribution is 5.68. The zero-order chi connectivity index (χ0) is 11.3. The molecule has 0 aliphatic heterocycles. The van der Waals surface area contributed by atoms with Crippen LogP contribution in [-0.4, -0.2) is 11.5 Å². The summed E-state index contributed by atoms with van der Waals surface area (Å²) in [6.45, 7) is 2.61. The summed E-state index contributed by atoms with van der Waals surface area (Å²) in [6, 6.07) is 6.49. The predicted molar refractivity (Wildman–Crippen MR) is 56.6 cm³/mol. The molecule has 0 aromatic heterocycles. The van der Waals surface area contributed by atoms with E-state index in [1.165, 1.54) is 6.07 Å². The monoisotopic (exact) mass is 205 g/mol. The molecule has 1 N–H and O–H groups in total. The minimum atomic E-state index is -0.531. The number of nitrogens with zero attached hydrogens (tertiary/aromatic N) is 2. The number of nitriles is 1. The Morgan fingerprint density at radius 1 is 1.60 bits per heavy atom. The quantitative estimate of drug-likeness (QED) is 0.604. The van der Waals surface area contributed by atoms with E-state index in [-0.39, 0.29) is 11.3 Å². The summed E-state index contributed by atoms with van der Waals surface area (Å²) in [5.74, 6) is 0. The molecule has 0 aliphatic rings. The van der Waals surface area contributed by atoms with Gasteiger partial charge in [0.1, 0.15) is 17.3 Å². The molecule has 1 aromatic rings. The van der Waals surface area contributed by atoms with Crippen molar-refractivity contribution >= 4 is 11.4 Å². The first-order chi connectivity index (χ1) is 7.20. The van der Waals surface area contributed by atoms with Gasteiger partial charge in [0, 0.05) is 6.54 Å². The third-order valence-corrected chi connectivity index (χ3v) is 1.90. The van der Waals surface area contributed by atoms with Gasteiger partial charge in [0.15, 0.2) is 0 Å². The van der Waals surface area contributed by atoms with Gasteiger partial charge in [-0.2, -0.15) is 5.26 Å². The normalized spacial score (nSPS) is 9.33. The molecule has 1 rings (SSSR count). The number of para-hydroxylation sites is 1. The van der Waals surface area contributed by atoms with E-state index in [0.717, 1.165) is 6.42 Å². The number of anilines is 1. The molecule has 0 unspecified atom stereocenters. The van der Waals surface area contributed by atoms with E-state index in [9.17, 15) is 10.1 Å². The van der Waals surface area contributed by atoms with Gasteiger partial charge in [0.2, 0.25) is 0 Å². The average molecular weight is 205 g/mol. The molecule has 0 bridgehead atoms. The molecular formula is C10H11N3O2. The van der Waals surface area contributed by atoms with Crippen molar-refractivity contribution in [3.8, 4) is 6.07 Å². The Morgan fingerprint density at radius 2 is 2.33 bits per heavy atom. The maximum Gasteiger partial charge on any atom is 0.309 e. The second-order valence-corrected chi connectivity index (χ2v) is 3.00. The maximum atomic E-state index is 10.8. The van der Waals surface area contributed by atoms with Crippen molar-refractivity contribution in [3.05, 3.63) is 33.9 Å². The Morgan fingerprint density at radius 3 is 2.87 bits per heavy atom. The lowest BCUT2D eigenvalue weighted by Gasteiger charge is -2.05. The van der Waals surface area contributed by atoms with Gasteiger partial charge in [-0.25, -0.2) is 0 Å². The summed E-state index contributed by atoms with van der Waals surface area (Å²) in [7, 11) is 0. The van der Waals surface area contributed by atoms with E-state index in [2.05, 4.69) is 5.32 Å². The molecule has 0 amide bonds. The van der Waals surface area contributed by atoms with Gasteiger partial charge < -0.3 is 5.32 Å². The van der Waals surface area contributed by atoms with Crippen molar-refractivity contribution in [1.29, 1.82) is 5.26 Å². The number of nitro groups is 1. The van der Waals surface area contributed by atoms with Crippen molar-refractivity contribution in [2.24, 2.45) is 0 Å². The molecule has 5 nitrogen and oxygen atoms in total. The number of hydrogen-bond donors (Lipinski definition) is 1. The van der Waals surface area contributed by atoms with Crippen LogP contribution in [0.5, 0.6) is 0 Å². The molecule has 0 aliphatic carbocycles. The molecule has 1 aromatic carbocycles. The minimum Gasteiger partial charge on any atom is -0.379 e. The van der Waals surface area contributed by atoms with Crippen LogP contribution in [0.4, 0.5) is 11.4 Å². The first-order valence-corrected chi connectivity index (χ1v) is 4.62. The van der Waals surface area contributed by atoms with Crippen LogP contribution in [0.1, 0.15) is 18.9 Å². The Labute approximate surface area is 87.5 Å². The first-order valence-electron chi connectivity index (χ1n) is 4.62. The smallest absolute Gasteiger partial charge is 0.309 e. The Bertz CT molecular complexity index is 410. The number of nitro benzene ring substituents is 1. The van der Waals surface area contributed by atoms with Crippen molar-refractivity contribution in [2.45, 2.75) is 13.3 Å². The van der Waals surface area contributed by atoms with Gasteiger partial charge in [-0.15, -0.1) is 0 Å². The van der Waals surface area contributed by atoms with Crippen molar-refractivity contribution in [2.75, 3.05) is 11.9 Å². The summed E-state index contributed by atoms with van der Waals surface area (Å²) in [6.07, 6.45) is 0.869. The largest absolute Gasteiger partial charge is 0.379 e. The molecule has 0 radical (unpaired) electrons. The third kappa shape index (κ3) is 2.44. The first kappa shape index (κ1) is 11.0. The van der Waals surface area contributed by atoms with Gasteiger partial charge in [0.25, 0.3) is 0 Å². The van der Waals surface area contributed by atoms with E-state index >= 15 is 0 Å². The number of rotatable bonds is 4. The van der Waals surface area contributed by atoms with Gasteiger partial charge in [-0.1, -0.05) is 13.0 Å². The zero-order valence-corrected chi connectivity index (χ0v) is 8.36. The van der Waals surface area contributed by atoms with Crippen LogP contribution in [-0.2, 0) is 0 Å². The maximum absolute atomic E-state index is 10.8. The van der Waals surface area contributed by atoms with Crippen LogP contribution in [0.3, 0.4) is 0 Å². The molecule has 5 heteroatoms. The van der Waals surface area contributed by atoms with E-state index in [1.54, 1.807) is 12.1 Å². The highest BCUT2D eigenvalue weighted by Gasteiger charge is 2.18. The van der Waals surface area contributed by atoms with Crippen LogP contribution >= 0.6 is 0 Å². The SMILES string of the molecule is CCCNc1cccc(C#N)c1[N+](=O)[O-]. The summed E-state index contributed by atoms with van der Waals surface area (Å²) in [5, 5.41) is 22.4. The molecule has 0 saturated carbocycles. The fraction of sp³-hybridized carbons (Fsp3) is 0.300. The van der Waals surface area contributed by atoms with Crippen molar-refractivity contribution in [1.82, 2.24) is 0 Å². The van der Waals surface area contributed by atoms with Crippen LogP contribution in [0.2, 0.25) is 0 Å². The topological polar surface area (TPSA) is 79.0 Å². The Balaban J connectivity index is 3.15.